The molecular formula is C10H14N4O. The quantitative estimate of drug-likeness (QED) is 0.739. The van der Waals surface area contributed by atoms with Crippen LogP contribution in [-0.4, -0.2) is 40.9 Å². The number of nitrogens with zero attached hydrogens (tertiary/aromatic N) is 3. The van der Waals surface area contributed by atoms with Crippen LogP contribution in [0.15, 0.2) is 12.3 Å². The van der Waals surface area contributed by atoms with Crippen LogP contribution in [0.5, 0.6) is 0 Å². The van der Waals surface area contributed by atoms with E-state index in [4.69, 9.17) is 5.73 Å². The van der Waals surface area contributed by atoms with Crippen molar-refractivity contribution in [2.24, 2.45) is 5.73 Å². The Labute approximate surface area is 88.3 Å². The average Bonchev–Trinajstić information content (AvgIpc) is 2.65. The van der Waals surface area contributed by atoms with Gasteiger partial charge in [-0.25, -0.2) is 9.97 Å². The Morgan fingerprint density at radius 1 is 1.67 bits per heavy atom. The van der Waals surface area contributed by atoms with Crippen molar-refractivity contribution in [1.82, 2.24) is 14.9 Å². The Bertz CT molecular complexity index is 379. The molecule has 2 heterocycles. The summed E-state index contributed by atoms with van der Waals surface area (Å²) in [6, 6.07) is 1.86. The molecule has 0 aliphatic carbocycles. The second kappa shape index (κ2) is 3.94. The van der Waals surface area contributed by atoms with Gasteiger partial charge in [0.15, 0.2) is 0 Å². The van der Waals surface area contributed by atoms with Gasteiger partial charge in [-0.2, -0.15) is 0 Å². The molecule has 15 heavy (non-hydrogen) atoms. The summed E-state index contributed by atoms with van der Waals surface area (Å²) in [5.41, 5.74) is 6.05. The molecule has 0 radical (unpaired) electrons. The second-order valence-corrected chi connectivity index (χ2v) is 3.92. The average molecular weight is 206 g/mol. The first-order chi connectivity index (χ1) is 7.16. The number of hydrogen-bond acceptors (Lipinski definition) is 4. The Morgan fingerprint density at radius 3 is 3.07 bits per heavy atom. The fourth-order valence-electron chi connectivity index (χ4n) is 1.90. The molecule has 1 aliphatic heterocycles. The van der Waals surface area contributed by atoms with Gasteiger partial charge in [0.2, 0.25) is 5.82 Å². The molecule has 1 unspecified atom stereocenters. The van der Waals surface area contributed by atoms with Gasteiger partial charge in [-0.3, -0.25) is 4.79 Å². The minimum Gasteiger partial charge on any atom is -0.363 e. The normalized spacial score (nSPS) is 21.8. The summed E-state index contributed by atoms with van der Waals surface area (Å²) in [5.74, 6) is -0.0543. The van der Waals surface area contributed by atoms with E-state index in [2.05, 4.69) is 21.9 Å². The summed E-state index contributed by atoms with van der Waals surface area (Å²) in [6.07, 6.45) is 2.67. The lowest BCUT2D eigenvalue weighted by Gasteiger charge is -2.09. The highest BCUT2D eigenvalue weighted by molar-refractivity contribution is 5.88. The molecular weight excluding hydrogens is 192 g/mol. The first-order valence-corrected chi connectivity index (χ1v) is 4.98. The maximum Gasteiger partial charge on any atom is 0.286 e. The van der Waals surface area contributed by atoms with Crippen LogP contribution in [0, 0.1) is 0 Å². The summed E-state index contributed by atoms with van der Waals surface area (Å²) in [4.78, 5) is 21.2. The predicted molar refractivity (Wildman–Crippen MR) is 55.4 cm³/mol. The van der Waals surface area contributed by atoms with Crippen LogP contribution in [-0.2, 0) is 0 Å². The minimum atomic E-state index is -0.566. The molecule has 0 saturated carbocycles. The number of nitrogens with two attached hydrogens (primary N) is 1. The fourth-order valence-corrected chi connectivity index (χ4v) is 1.90. The largest absolute Gasteiger partial charge is 0.363 e. The van der Waals surface area contributed by atoms with E-state index in [-0.39, 0.29) is 5.82 Å². The fraction of sp³-hybridized carbons (Fsp3) is 0.500. The monoisotopic (exact) mass is 206 g/mol. The third-order valence-electron chi connectivity index (χ3n) is 2.71. The Hall–Kier alpha value is -1.49. The van der Waals surface area contributed by atoms with Crippen molar-refractivity contribution in [3.63, 3.8) is 0 Å². The van der Waals surface area contributed by atoms with Crippen molar-refractivity contribution in [3.8, 4) is 0 Å². The molecule has 5 nitrogen and oxygen atoms in total. The van der Waals surface area contributed by atoms with Gasteiger partial charge in [0.25, 0.3) is 5.91 Å². The van der Waals surface area contributed by atoms with Crippen molar-refractivity contribution in [2.75, 3.05) is 20.1 Å². The van der Waals surface area contributed by atoms with Crippen LogP contribution in [0.25, 0.3) is 0 Å². The Balaban J connectivity index is 2.21. The zero-order chi connectivity index (χ0) is 10.8. The number of likely N-dealkylation sites (tertiary alicyclic amines) is 1. The highest BCUT2D eigenvalue weighted by Crippen LogP contribution is 2.24. The van der Waals surface area contributed by atoms with Crippen molar-refractivity contribution < 1.29 is 4.79 Å². The third-order valence-corrected chi connectivity index (χ3v) is 2.71. The molecule has 1 aromatic rings. The van der Waals surface area contributed by atoms with E-state index in [0.29, 0.717) is 5.92 Å². The minimum absolute atomic E-state index is 0.113. The number of likely N-dealkylation sites (N-methyl/N-ethyl adjacent to an activating group) is 1. The molecule has 80 valence electrons. The predicted octanol–water partition coefficient (Wildman–Crippen LogP) is -0.00540. The highest BCUT2D eigenvalue weighted by Gasteiger charge is 2.22. The smallest absolute Gasteiger partial charge is 0.286 e. The number of aromatic nitrogens is 2. The van der Waals surface area contributed by atoms with Crippen LogP contribution >= 0.6 is 0 Å². The summed E-state index contributed by atoms with van der Waals surface area (Å²) in [6.45, 7) is 2.05. The SMILES string of the molecule is CN1CCC(c2ccnc(C(N)=O)n2)C1. The van der Waals surface area contributed by atoms with Gasteiger partial charge in [-0.15, -0.1) is 0 Å². The van der Waals surface area contributed by atoms with Crippen molar-refractivity contribution in [1.29, 1.82) is 0 Å². The lowest BCUT2D eigenvalue weighted by Crippen LogP contribution is -2.18. The lowest BCUT2D eigenvalue weighted by atomic mass is 10.1. The van der Waals surface area contributed by atoms with Crippen LogP contribution < -0.4 is 5.73 Å². The molecule has 1 atom stereocenters. The number of primary amides is 1. The molecule has 0 spiro atoms. The van der Waals surface area contributed by atoms with Crippen LogP contribution in [0.1, 0.15) is 28.7 Å². The number of carbonyl (C=O) groups is 1. The molecule has 1 aliphatic rings. The lowest BCUT2D eigenvalue weighted by molar-refractivity contribution is 0.0990. The number of hydrogen-bond donors (Lipinski definition) is 1. The number of carbonyl (C=O) groups excluding carboxylic acids is 1. The van der Waals surface area contributed by atoms with E-state index in [1.807, 2.05) is 6.07 Å². The molecule has 5 heteroatoms. The van der Waals surface area contributed by atoms with Crippen molar-refractivity contribution in [3.05, 3.63) is 23.8 Å². The van der Waals surface area contributed by atoms with E-state index in [9.17, 15) is 4.79 Å². The summed E-state index contributed by atoms with van der Waals surface area (Å²) >= 11 is 0. The number of amides is 1. The van der Waals surface area contributed by atoms with Crippen LogP contribution in [0.2, 0.25) is 0 Å². The first-order valence-electron chi connectivity index (χ1n) is 4.98. The van der Waals surface area contributed by atoms with Crippen LogP contribution in [0.4, 0.5) is 0 Å². The summed E-state index contributed by atoms with van der Waals surface area (Å²) in [5, 5.41) is 0. The first kappa shape index (κ1) is 10.0. The van der Waals surface area contributed by atoms with E-state index in [1.165, 1.54) is 0 Å². The zero-order valence-corrected chi connectivity index (χ0v) is 8.68. The van der Waals surface area contributed by atoms with E-state index in [1.54, 1.807) is 6.20 Å². The zero-order valence-electron chi connectivity index (χ0n) is 8.68. The topological polar surface area (TPSA) is 72.1 Å². The molecule has 1 saturated heterocycles. The van der Waals surface area contributed by atoms with Gasteiger partial charge in [-0.1, -0.05) is 0 Å². The van der Waals surface area contributed by atoms with Crippen molar-refractivity contribution >= 4 is 5.91 Å². The summed E-state index contributed by atoms with van der Waals surface area (Å²) in [7, 11) is 2.08. The Kier molecular flexibility index (Phi) is 2.64. The highest BCUT2D eigenvalue weighted by atomic mass is 16.1. The molecule has 1 fully saturated rings. The maximum absolute atomic E-state index is 10.9. The van der Waals surface area contributed by atoms with E-state index >= 15 is 0 Å². The van der Waals surface area contributed by atoms with Gasteiger partial charge in [0.05, 0.1) is 0 Å². The Morgan fingerprint density at radius 2 is 2.47 bits per heavy atom. The van der Waals surface area contributed by atoms with Gasteiger partial charge in [0.1, 0.15) is 0 Å². The van der Waals surface area contributed by atoms with Gasteiger partial charge < -0.3 is 10.6 Å². The molecule has 0 bridgehead atoms. The molecule has 2 rings (SSSR count). The van der Waals surface area contributed by atoms with Gasteiger partial charge in [0, 0.05) is 24.4 Å². The molecule has 1 amide bonds. The number of rotatable bonds is 2. The summed E-state index contributed by atoms with van der Waals surface area (Å²) < 4.78 is 0. The third kappa shape index (κ3) is 2.12. The molecule has 0 aromatic carbocycles. The second-order valence-electron chi connectivity index (χ2n) is 3.92. The van der Waals surface area contributed by atoms with E-state index < -0.39 is 5.91 Å². The van der Waals surface area contributed by atoms with Crippen LogP contribution in [0.3, 0.4) is 0 Å². The molecule has 2 N–H and O–H groups in total. The molecule has 1 aromatic heterocycles. The van der Waals surface area contributed by atoms with Crippen molar-refractivity contribution in [2.45, 2.75) is 12.3 Å². The van der Waals surface area contributed by atoms with Gasteiger partial charge >= 0.3 is 0 Å². The van der Waals surface area contributed by atoms with E-state index in [0.717, 1.165) is 25.2 Å². The maximum atomic E-state index is 10.9. The van der Waals surface area contributed by atoms with Gasteiger partial charge in [-0.05, 0) is 26.1 Å². The standard InChI is InChI=1S/C10H14N4O/c1-14-5-3-7(6-14)8-2-4-12-10(13-8)9(11)15/h2,4,7H,3,5-6H2,1H3,(H2,11,15).